The molecule has 2 aliphatic carbocycles. The van der Waals surface area contributed by atoms with Gasteiger partial charge in [-0.25, -0.2) is 0 Å². The molecule has 70 valence electrons. The van der Waals surface area contributed by atoms with Crippen molar-refractivity contribution in [3.8, 4) is 0 Å². The summed E-state index contributed by atoms with van der Waals surface area (Å²) in [7, 11) is 0. The lowest BCUT2D eigenvalue weighted by Crippen LogP contribution is -2.37. The van der Waals surface area contributed by atoms with E-state index in [0.717, 1.165) is 19.3 Å². The van der Waals surface area contributed by atoms with Gasteiger partial charge in [0.15, 0.2) is 0 Å². The van der Waals surface area contributed by atoms with Crippen LogP contribution < -0.4 is 0 Å². The Bertz CT molecular complexity index is 307. The van der Waals surface area contributed by atoms with Crippen LogP contribution in [0.15, 0.2) is 12.2 Å². The van der Waals surface area contributed by atoms with Gasteiger partial charge in [0.2, 0.25) is 0 Å². The Balaban J connectivity index is 2.18. The molecule has 0 amide bonds. The van der Waals surface area contributed by atoms with Gasteiger partial charge in [-0.3, -0.25) is 4.79 Å². The molecule has 3 rings (SSSR count). The first-order valence-electron chi connectivity index (χ1n) is 5.09. The number of carbonyl (C=O) groups is 1. The van der Waals surface area contributed by atoms with E-state index >= 15 is 0 Å². The van der Waals surface area contributed by atoms with E-state index in [1.54, 1.807) is 0 Å². The van der Waals surface area contributed by atoms with Crippen molar-refractivity contribution in [1.29, 1.82) is 0 Å². The molecule has 3 aliphatic rings. The van der Waals surface area contributed by atoms with Crippen molar-refractivity contribution in [2.24, 2.45) is 11.3 Å². The molecule has 1 aliphatic heterocycles. The second kappa shape index (κ2) is 1.99. The lowest BCUT2D eigenvalue weighted by Gasteiger charge is -2.33. The first kappa shape index (κ1) is 7.60. The summed E-state index contributed by atoms with van der Waals surface area (Å²) in [6.07, 6.45) is 8.49. The Morgan fingerprint density at radius 2 is 2.46 bits per heavy atom. The molecule has 1 saturated carbocycles. The van der Waals surface area contributed by atoms with Crippen molar-refractivity contribution >= 4 is 5.97 Å². The van der Waals surface area contributed by atoms with E-state index in [9.17, 15) is 4.79 Å². The van der Waals surface area contributed by atoms with Crippen LogP contribution in [0.5, 0.6) is 0 Å². The summed E-state index contributed by atoms with van der Waals surface area (Å²) < 4.78 is 5.53. The van der Waals surface area contributed by atoms with E-state index in [0.29, 0.717) is 5.92 Å². The van der Waals surface area contributed by atoms with Crippen LogP contribution >= 0.6 is 0 Å². The summed E-state index contributed by atoms with van der Waals surface area (Å²) >= 11 is 0. The fraction of sp³-hybridized carbons (Fsp3) is 0.727. The molecule has 0 aromatic carbocycles. The number of ether oxygens (including phenoxy) is 1. The average Bonchev–Trinajstić information content (AvgIpc) is 2.53. The smallest absolute Gasteiger partial charge is 0.316 e. The lowest BCUT2D eigenvalue weighted by atomic mass is 9.68. The van der Waals surface area contributed by atoms with E-state index in [1.165, 1.54) is 6.42 Å². The molecule has 0 radical (unpaired) electrons. The molecular formula is C11H14O2. The molecular weight excluding hydrogens is 164 g/mol. The highest BCUT2D eigenvalue weighted by Crippen LogP contribution is 2.60. The fourth-order valence-corrected chi connectivity index (χ4v) is 3.46. The van der Waals surface area contributed by atoms with Crippen molar-refractivity contribution in [3.05, 3.63) is 12.2 Å². The van der Waals surface area contributed by atoms with Crippen LogP contribution in [0.25, 0.3) is 0 Å². The number of esters is 1. The van der Waals surface area contributed by atoms with Gasteiger partial charge in [-0.15, -0.1) is 0 Å². The van der Waals surface area contributed by atoms with Gasteiger partial charge in [-0.1, -0.05) is 18.6 Å². The normalized spacial score (nSPS) is 52.1. The van der Waals surface area contributed by atoms with Gasteiger partial charge in [0.05, 0.1) is 5.41 Å². The van der Waals surface area contributed by atoms with Crippen LogP contribution in [0.4, 0.5) is 0 Å². The number of rotatable bonds is 0. The SMILES string of the molecule is C[C@@]12CC=C[C@]3(CCC[C@H]13)C(=O)O2. The molecule has 2 bridgehead atoms. The summed E-state index contributed by atoms with van der Waals surface area (Å²) in [6, 6.07) is 0. The molecule has 2 heteroatoms. The highest BCUT2D eigenvalue weighted by Gasteiger charge is 2.64. The van der Waals surface area contributed by atoms with Crippen LogP contribution in [-0.2, 0) is 9.53 Å². The first-order chi connectivity index (χ1) is 6.17. The highest BCUT2D eigenvalue weighted by atomic mass is 16.6. The van der Waals surface area contributed by atoms with Crippen LogP contribution in [-0.4, -0.2) is 11.6 Å². The lowest BCUT2D eigenvalue weighted by molar-refractivity contribution is -0.151. The number of carbonyl (C=O) groups excluding carboxylic acids is 1. The van der Waals surface area contributed by atoms with Crippen LogP contribution in [0, 0.1) is 11.3 Å². The van der Waals surface area contributed by atoms with Crippen molar-refractivity contribution in [1.82, 2.24) is 0 Å². The van der Waals surface area contributed by atoms with Gasteiger partial charge < -0.3 is 4.74 Å². The maximum absolute atomic E-state index is 11.8. The Morgan fingerprint density at radius 3 is 3.23 bits per heavy atom. The monoisotopic (exact) mass is 178 g/mol. The summed E-state index contributed by atoms with van der Waals surface area (Å²) in [4.78, 5) is 11.8. The Kier molecular flexibility index (Phi) is 1.17. The minimum atomic E-state index is -0.215. The van der Waals surface area contributed by atoms with E-state index in [-0.39, 0.29) is 17.0 Å². The second-order valence-corrected chi connectivity index (χ2v) is 4.79. The molecule has 3 atom stereocenters. The minimum Gasteiger partial charge on any atom is -0.458 e. The maximum atomic E-state index is 11.8. The molecule has 0 spiro atoms. The zero-order chi connectivity index (χ0) is 9.10. The van der Waals surface area contributed by atoms with Gasteiger partial charge in [0, 0.05) is 12.3 Å². The van der Waals surface area contributed by atoms with E-state index in [1.807, 2.05) is 0 Å². The van der Waals surface area contributed by atoms with Crippen LogP contribution in [0.2, 0.25) is 0 Å². The maximum Gasteiger partial charge on any atom is 0.316 e. The standard InChI is InChI=1S/C11H14O2/c1-10-5-3-7-11(9(12)13-10)6-2-4-8(10)11/h3,7-8H,2,4-6H2,1H3/t8-,10-,11+/m1/s1. The van der Waals surface area contributed by atoms with Gasteiger partial charge in [-0.05, 0) is 19.8 Å². The third kappa shape index (κ3) is 0.687. The van der Waals surface area contributed by atoms with Crippen molar-refractivity contribution in [2.45, 2.75) is 38.2 Å². The Hall–Kier alpha value is -0.790. The van der Waals surface area contributed by atoms with E-state index in [2.05, 4.69) is 19.1 Å². The quantitative estimate of drug-likeness (QED) is 0.419. The van der Waals surface area contributed by atoms with E-state index < -0.39 is 0 Å². The first-order valence-corrected chi connectivity index (χ1v) is 5.09. The number of hydrogen-bond donors (Lipinski definition) is 0. The topological polar surface area (TPSA) is 26.3 Å². The third-order valence-electron chi connectivity index (χ3n) is 4.09. The zero-order valence-corrected chi connectivity index (χ0v) is 7.88. The number of hydrogen-bond acceptors (Lipinski definition) is 2. The molecule has 0 aromatic heterocycles. The van der Waals surface area contributed by atoms with Crippen molar-refractivity contribution < 1.29 is 9.53 Å². The second-order valence-electron chi connectivity index (χ2n) is 4.79. The molecule has 2 nitrogen and oxygen atoms in total. The van der Waals surface area contributed by atoms with Crippen molar-refractivity contribution in [3.63, 3.8) is 0 Å². The summed E-state index contributed by atoms with van der Waals surface area (Å²) in [5.41, 5.74) is -0.394. The Labute approximate surface area is 78.0 Å². The molecule has 2 fully saturated rings. The summed E-state index contributed by atoms with van der Waals surface area (Å²) in [5, 5.41) is 0. The largest absolute Gasteiger partial charge is 0.458 e. The average molecular weight is 178 g/mol. The van der Waals surface area contributed by atoms with Gasteiger partial charge in [-0.2, -0.15) is 0 Å². The Morgan fingerprint density at radius 1 is 1.62 bits per heavy atom. The zero-order valence-electron chi connectivity index (χ0n) is 7.88. The molecule has 0 aromatic rings. The summed E-state index contributed by atoms with van der Waals surface area (Å²) in [5.74, 6) is 0.490. The summed E-state index contributed by atoms with van der Waals surface area (Å²) in [6.45, 7) is 2.09. The molecule has 13 heavy (non-hydrogen) atoms. The predicted molar refractivity (Wildman–Crippen MR) is 48.0 cm³/mol. The third-order valence-corrected chi connectivity index (χ3v) is 4.09. The highest BCUT2D eigenvalue weighted by molar-refractivity contribution is 5.83. The molecule has 1 heterocycles. The van der Waals surface area contributed by atoms with Crippen LogP contribution in [0.1, 0.15) is 32.6 Å². The van der Waals surface area contributed by atoms with E-state index in [4.69, 9.17) is 4.74 Å². The van der Waals surface area contributed by atoms with Crippen molar-refractivity contribution in [2.75, 3.05) is 0 Å². The molecule has 0 unspecified atom stereocenters. The van der Waals surface area contributed by atoms with Crippen LogP contribution in [0.3, 0.4) is 0 Å². The van der Waals surface area contributed by atoms with Gasteiger partial charge in [0.1, 0.15) is 5.60 Å². The molecule has 0 N–H and O–H groups in total. The molecule has 1 saturated heterocycles. The van der Waals surface area contributed by atoms with Gasteiger partial charge in [0.25, 0.3) is 0 Å². The fourth-order valence-electron chi connectivity index (χ4n) is 3.46. The minimum absolute atomic E-state index is 0.0336. The van der Waals surface area contributed by atoms with Gasteiger partial charge >= 0.3 is 5.97 Å². The predicted octanol–water partition coefficient (Wildman–Crippen LogP) is 2.05.